The summed E-state index contributed by atoms with van der Waals surface area (Å²) in [6.07, 6.45) is 0. The van der Waals surface area contributed by atoms with Crippen molar-refractivity contribution in [3.63, 3.8) is 0 Å². The molecular weight excluding hydrogens is 171 g/mol. The summed E-state index contributed by atoms with van der Waals surface area (Å²) in [5, 5.41) is 3.50. The topological polar surface area (TPSA) is 14.1 Å². The van der Waals surface area contributed by atoms with Crippen molar-refractivity contribution in [2.45, 2.75) is 0 Å². The third kappa shape index (κ3) is 8.99. The van der Waals surface area contributed by atoms with E-state index in [1.54, 1.807) is 14.1 Å². The van der Waals surface area contributed by atoms with Gasteiger partial charge in [-0.25, -0.2) is 0 Å². The van der Waals surface area contributed by atoms with Crippen LogP contribution in [-0.4, -0.2) is 14.1 Å². The maximum Gasteiger partial charge on any atom is 1.00 e. The zero-order chi connectivity index (χ0) is 2.71. The van der Waals surface area contributed by atoms with E-state index in [-0.39, 0.29) is 68.9 Å². The summed E-state index contributed by atoms with van der Waals surface area (Å²) in [4.78, 5) is 0. The van der Waals surface area contributed by atoms with Gasteiger partial charge in [-0.3, -0.25) is 0 Å². The minimum atomic E-state index is 0. The number of hydrogen-bond donors (Lipinski definition) is 0. The summed E-state index contributed by atoms with van der Waals surface area (Å²) in [6.45, 7) is 0. The molecule has 0 N–H and O–H groups in total. The van der Waals surface area contributed by atoms with E-state index in [1.807, 2.05) is 0 Å². The first-order valence-corrected chi connectivity index (χ1v) is 0.894. The number of hydrogen-bond acceptors (Lipinski definition) is 0. The van der Waals surface area contributed by atoms with Gasteiger partial charge in [-0.05, 0) is 0 Å². The zero-order valence-electron chi connectivity index (χ0n) is 3.45. The van der Waals surface area contributed by atoms with Gasteiger partial charge in [-0.15, -0.1) is 0 Å². The Kier molecular flexibility index (Phi) is 20.9. The summed E-state index contributed by atoms with van der Waals surface area (Å²) in [5.41, 5.74) is 0. The first-order valence-electron chi connectivity index (χ1n) is 0.894. The molecule has 0 heterocycles. The van der Waals surface area contributed by atoms with Crippen LogP contribution < -0.4 is 68.9 Å². The maximum atomic E-state index is 3.50. The van der Waals surface area contributed by atoms with Gasteiger partial charge < -0.3 is 5.32 Å². The van der Waals surface area contributed by atoms with Crippen molar-refractivity contribution in [3.8, 4) is 0 Å². The van der Waals surface area contributed by atoms with Gasteiger partial charge in [-0.1, -0.05) is 0 Å². The van der Waals surface area contributed by atoms with Gasteiger partial charge >= 0.3 is 68.9 Å². The zero-order valence-corrected chi connectivity index (χ0v) is 9.73. The van der Waals surface area contributed by atoms with Crippen LogP contribution in [0.3, 0.4) is 0 Å². The average molecular weight is 177 g/mol. The molecule has 0 aliphatic carbocycles. The van der Waals surface area contributed by atoms with Crippen LogP contribution in [-0.2, 0) is 0 Å². The van der Waals surface area contributed by atoms with Crippen LogP contribution >= 0.6 is 0 Å². The molecule has 0 aliphatic rings. The largest absolute Gasteiger partial charge is 1.00 e. The molecule has 0 saturated heterocycles. The second-order valence-electron chi connectivity index (χ2n) is 0.447. The Labute approximate surface area is 86.0 Å². The molecule has 0 unspecified atom stereocenters. The average Bonchev–Trinajstić information content (AvgIpc) is 0.918. The minimum absolute atomic E-state index is 0. The van der Waals surface area contributed by atoms with Crippen molar-refractivity contribution < 1.29 is 68.9 Å². The Hall–Kier alpha value is 2.01. The van der Waals surface area contributed by atoms with Crippen molar-refractivity contribution in [2.75, 3.05) is 14.1 Å². The molecule has 0 atom stereocenters. The third-order valence-corrected chi connectivity index (χ3v) is 0. The summed E-state index contributed by atoms with van der Waals surface area (Å²) < 4.78 is 0. The molecule has 0 spiro atoms. The SMILES string of the molecule is C[N-]C.[Cs+]. The van der Waals surface area contributed by atoms with Gasteiger partial charge in [0.25, 0.3) is 0 Å². The van der Waals surface area contributed by atoms with Crippen molar-refractivity contribution in [1.82, 2.24) is 0 Å². The Morgan fingerprint density at radius 2 is 1.25 bits per heavy atom. The van der Waals surface area contributed by atoms with E-state index in [1.165, 1.54) is 0 Å². The molecule has 0 aromatic rings. The molecule has 0 aromatic heterocycles. The molecule has 1 nitrogen and oxygen atoms in total. The number of nitrogens with zero attached hydrogens (tertiary/aromatic N) is 1. The van der Waals surface area contributed by atoms with E-state index in [2.05, 4.69) is 5.32 Å². The van der Waals surface area contributed by atoms with Gasteiger partial charge in [0, 0.05) is 0 Å². The van der Waals surface area contributed by atoms with E-state index < -0.39 is 0 Å². The Morgan fingerprint density at radius 3 is 1.25 bits per heavy atom. The summed E-state index contributed by atoms with van der Waals surface area (Å²) in [7, 11) is 3.50. The fourth-order valence-electron chi connectivity index (χ4n) is 0. The van der Waals surface area contributed by atoms with Gasteiger partial charge in [0.05, 0.1) is 0 Å². The standard InChI is InChI=1S/C2H6N.Cs/c1-3-2;/h1-2H3;/q-1;+1. The first-order chi connectivity index (χ1) is 1.41. The van der Waals surface area contributed by atoms with E-state index in [0.717, 1.165) is 0 Å². The van der Waals surface area contributed by atoms with Crippen molar-refractivity contribution >= 4 is 0 Å². The molecule has 0 aliphatic heterocycles. The van der Waals surface area contributed by atoms with Gasteiger partial charge in [-0.2, -0.15) is 14.1 Å². The van der Waals surface area contributed by atoms with Crippen LogP contribution in [0, 0.1) is 0 Å². The number of rotatable bonds is 0. The van der Waals surface area contributed by atoms with Crippen LogP contribution in [0.2, 0.25) is 0 Å². The Bertz CT molecular complexity index is 6.00. The van der Waals surface area contributed by atoms with Crippen molar-refractivity contribution in [2.24, 2.45) is 0 Å². The van der Waals surface area contributed by atoms with Crippen LogP contribution in [0.15, 0.2) is 0 Å². The molecule has 0 fully saturated rings. The molecule has 0 saturated carbocycles. The van der Waals surface area contributed by atoms with Crippen LogP contribution in [0.25, 0.3) is 5.32 Å². The second-order valence-corrected chi connectivity index (χ2v) is 0.447. The molecule has 0 rings (SSSR count). The van der Waals surface area contributed by atoms with E-state index in [9.17, 15) is 0 Å². The van der Waals surface area contributed by atoms with Crippen LogP contribution in [0.4, 0.5) is 0 Å². The molecule has 0 aromatic carbocycles. The fourth-order valence-corrected chi connectivity index (χ4v) is 0. The van der Waals surface area contributed by atoms with Crippen LogP contribution in [0.5, 0.6) is 0 Å². The predicted octanol–water partition coefficient (Wildman–Crippen LogP) is -2.38. The minimum Gasteiger partial charge on any atom is -0.668 e. The van der Waals surface area contributed by atoms with E-state index >= 15 is 0 Å². The Balaban J connectivity index is 0. The quantitative estimate of drug-likeness (QED) is 0.392. The van der Waals surface area contributed by atoms with Crippen LogP contribution in [0.1, 0.15) is 0 Å². The Morgan fingerprint density at radius 1 is 1.25 bits per heavy atom. The first kappa shape index (κ1) is 9.38. The van der Waals surface area contributed by atoms with Crippen molar-refractivity contribution in [3.05, 3.63) is 5.32 Å². The summed E-state index contributed by atoms with van der Waals surface area (Å²) >= 11 is 0. The molecule has 20 valence electrons. The maximum absolute atomic E-state index is 3.50. The van der Waals surface area contributed by atoms with Gasteiger partial charge in [0.15, 0.2) is 0 Å². The van der Waals surface area contributed by atoms with Gasteiger partial charge in [0.2, 0.25) is 0 Å². The van der Waals surface area contributed by atoms with E-state index in [4.69, 9.17) is 0 Å². The van der Waals surface area contributed by atoms with E-state index in [0.29, 0.717) is 0 Å². The smallest absolute Gasteiger partial charge is 0.668 e. The molecular formula is C2H6CsN. The summed E-state index contributed by atoms with van der Waals surface area (Å²) in [6, 6.07) is 0. The molecule has 0 bridgehead atoms. The second kappa shape index (κ2) is 8.89. The molecule has 0 radical (unpaired) electrons. The molecule has 4 heavy (non-hydrogen) atoms. The third-order valence-electron chi connectivity index (χ3n) is 0. The van der Waals surface area contributed by atoms with Crippen molar-refractivity contribution in [1.29, 1.82) is 0 Å². The molecule has 0 amide bonds. The normalized spacial score (nSPS) is 4.50. The molecule has 2 heteroatoms. The fraction of sp³-hybridized carbons (Fsp3) is 1.00. The summed E-state index contributed by atoms with van der Waals surface area (Å²) in [5.74, 6) is 0. The van der Waals surface area contributed by atoms with Gasteiger partial charge in [0.1, 0.15) is 0 Å². The monoisotopic (exact) mass is 177 g/mol. The predicted molar refractivity (Wildman–Crippen MR) is 15.2 cm³/mol.